The van der Waals surface area contributed by atoms with Crippen molar-refractivity contribution < 1.29 is 4.79 Å². The van der Waals surface area contributed by atoms with Gasteiger partial charge < -0.3 is 9.80 Å². The van der Waals surface area contributed by atoms with Crippen LogP contribution >= 0.6 is 0 Å². The number of benzene rings is 1. The largest absolute Gasteiger partial charge is 0.340 e. The molecule has 0 bridgehead atoms. The Morgan fingerprint density at radius 2 is 1.87 bits per heavy atom. The second kappa shape index (κ2) is 8.27. The predicted octanol–water partition coefficient (Wildman–Crippen LogP) is 2.99. The molecule has 0 unspecified atom stereocenters. The molecule has 0 fully saturated rings. The van der Waals surface area contributed by atoms with Crippen molar-refractivity contribution in [1.29, 1.82) is 0 Å². The van der Waals surface area contributed by atoms with Crippen LogP contribution in [0.15, 0.2) is 42.6 Å². The van der Waals surface area contributed by atoms with Gasteiger partial charge in [-0.25, -0.2) is 9.97 Å². The highest BCUT2D eigenvalue weighted by molar-refractivity contribution is 5.92. The van der Waals surface area contributed by atoms with Crippen LogP contribution in [0, 0.1) is 0 Å². The summed E-state index contributed by atoms with van der Waals surface area (Å²) in [5.41, 5.74) is 1.61. The molecule has 5 heteroatoms. The summed E-state index contributed by atoms with van der Waals surface area (Å²) in [6.07, 6.45) is 3.70. The van der Waals surface area contributed by atoms with Crippen molar-refractivity contribution in [2.75, 3.05) is 25.5 Å². The van der Waals surface area contributed by atoms with Crippen molar-refractivity contribution in [1.82, 2.24) is 14.9 Å². The molecule has 0 aliphatic rings. The summed E-state index contributed by atoms with van der Waals surface area (Å²) in [5, 5.41) is 0. The van der Waals surface area contributed by atoms with E-state index in [1.807, 2.05) is 37.2 Å². The lowest BCUT2D eigenvalue weighted by atomic mass is 10.2. The van der Waals surface area contributed by atoms with Crippen LogP contribution in [0.2, 0.25) is 0 Å². The van der Waals surface area contributed by atoms with E-state index in [2.05, 4.69) is 29.0 Å². The number of amides is 1. The fraction of sp³-hybridized carbons (Fsp3) is 0.389. The molecule has 0 N–H and O–H groups in total. The molecule has 1 aromatic heterocycles. The SMILES string of the molecule is CCCCN(C)C(=O)c1ccnc(N(C)Cc2ccccc2)n1. The van der Waals surface area contributed by atoms with Gasteiger partial charge in [0.05, 0.1) is 0 Å². The monoisotopic (exact) mass is 312 g/mol. The summed E-state index contributed by atoms with van der Waals surface area (Å²) in [5.74, 6) is 0.499. The maximum Gasteiger partial charge on any atom is 0.272 e. The van der Waals surface area contributed by atoms with Gasteiger partial charge in [0, 0.05) is 33.4 Å². The van der Waals surface area contributed by atoms with Crippen molar-refractivity contribution in [3.05, 3.63) is 53.9 Å². The van der Waals surface area contributed by atoms with Gasteiger partial charge in [-0.1, -0.05) is 43.7 Å². The number of carbonyl (C=O) groups excluding carboxylic acids is 1. The molecule has 0 spiro atoms. The van der Waals surface area contributed by atoms with Gasteiger partial charge >= 0.3 is 0 Å². The van der Waals surface area contributed by atoms with Crippen LogP contribution in [0.3, 0.4) is 0 Å². The highest BCUT2D eigenvalue weighted by atomic mass is 16.2. The Balaban J connectivity index is 2.08. The molecule has 0 radical (unpaired) electrons. The Kier molecular flexibility index (Phi) is 6.09. The maximum absolute atomic E-state index is 12.4. The Hall–Kier alpha value is -2.43. The zero-order valence-corrected chi connectivity index (χ0v) is 14.1. The van der Waals surface area contributed by atoms with Crippen molar-refractivity contribution in [2.24, 2.45) is 0 Å². The topological polar surface area (TPSA) is 49.3 Å². The molecule has 0 atom stereocenters. The Bertz CT molecular complexity index is 630. The zero-order chi connectivity index (χ0) is 16.7. The van der Waals surface area contributed by atoms with Gasteiger partial charge in [0.15, 0.2) is 0 Å². The minimum absolute atomic E-state index is 0.0600. The number of hydrogen-bond donors (Lipinski definition) is 0. The molecule has 0 aliphatic heterocycles. The van der Waals surface area contributed by atoms with Crippen LogP contribution in [0.1, 0.15) is 35.8 Å². The molecular weight excluding hydrogens is 288 g/mol. The quantitative estimate of drug-likeness (QED) is 0.788. The molecule has 5 nitrogen and oxygen atoms in total. The van der Waals surface area contributed by atoms with Crippen LogP contribution < -0.4 is 4.90 Å². The molecule has 1 amide bonds. The normalized spacial score (nSPS) is 10.4. The number of carbonyl (C=O) groups is 1. The number of anilines is 1. The van der Waals surface area contributed by atoms with E-state index in [4.69, 9.17) is 0 Å². The lowest BCUT2D eigenvalue weighted by molar-refractivity contribution is 0.0787. The van der Waals surface area contributed by atoms with Crippen LogP contribution in [-0.2, 0) is 6.54 Å². The second-order valence-corrected chi connectivity index (χ2v) is 5.66. The lowest BCUT2D eigenvalue weighted by Gasteiger charge is -2.19. The first kappa shape index (κ1) is 16.9. The van der Waals surface area contributed by atoms with E-state index >= 15 is 0 Å². The molecule has 0 aliphatic carbocycles. The minimum Gasteiger partial charge on any atom is -0.340 e. The third-order valence-corrected chi connectivity index (χ3v) is 3.66. The van der Waals surface area contributed by atoms with Crippen LogP contribution in [-0.4, -0.2) is 41.4 Å². The van der Waals surface area contributed by atoms with E-state index in [1.165, 1.54) is 5.56 Å². The number of aromatic nitrogens is 2. The number of rotatable bonds is 7. The smallest absolute Gasteiger partial charge is 0.272 e. The first-order valence-corrected chi connectivity index (χ1v) is 7.95. The molecule has 0 saturated carbocycles. The van der Waals surface area contributed by atoms with E-state index < -0.39 is 0 Å². The van der Waals surface area contributed by atoms with E-state index in [9.17, 15) is 4.79 Å². The highest BCUT2D eigenvalue weighted by Gasteiger charge is 2.15. The van der Waals surface area contributed by atoms with Crippen molar-refractivity contribution >= 4 is 11.9 Å². The van der Waals surface area contributed by atoms with Gasteiger partial charge in [-0.15, -0.1) is 0 Å². The van der Waals surface area contributed by atoms with E-state index in [-0.39, 0.29) is 5.91 Å². The number of hydrogen-bond acceptors (Lipinski definition) is 4. The van der Waals surface area contributed by atoms with Crippen LogP contribution in [0.25, 0.3) is 0 Å². The average molecular weight is 312 g/mol. The van der Waals surface area contributed by atoms with Gasteiger partial charge in [-0.3, -0.25) is 4.79 Å². The van der Waals surface area contributed by atoms with Crippen LogP contribution in [0.5, 0.6) is 0 Å². The fourth-order valence-electron chi connectivity index (χ4n) is 2.27. The summed E-state index contributed by atoms with van der Waals surface area (Å²) >= 11 is 0. The summed E-state index contributed by atoms with van der Waals surface area (Å²) in [4.78, 5) is 24.8. The Labute approximate surface area is 138 Å². The Morgan fingerprint density at radius 1 is 1.13 bits per heavy atom. The first-order valence-electron chi connectivity index (χ1n) is 7.95. The Morgan fingerprint density at radius 3 is 2.57 bits per heavy atom. The molecule has 23 heavy (non-hydrogen) atoms. The molecule has 1 heterocycles. The molecule has 122 valence electrons. The molecule has 1 aromatic carbocycles. The number of unbranched alkanes of at least 4 members (excludes halogenated alkanes) is 1. The summed E-state index contributed by atoms with van der Waals surface area (Å²) in [6, 6.07) is 11.8. The summed E-state index contributed by atoms with van der Waals surface area (Å²) < 4.78 is 0. The van der Waals surface area contributed by atoms with Gasteiger partial charge in [0.2, 0.25) is 5.95 Å². The predicted molar refractivity (Wildman–Crippen MR) is 92.4 cm³/mol. The zero-order valence-electron chi connectivity index (χ0n) is 14.1. The second-order valence-electron chi connectivity index (χ2n) is 5.66. The van der Waals surface area contributed by atoms with Gasteiger partial charge in [-0.05, 0) is 18.1 Å². The van der Waals surface area contributed by atoms with E-state index in [0.717, 1.165) is 19.4 Å². The minimum atomic E-state index is -0.0600. The maximum atomic E-state index is 12.4. The third kappa shape index (κ3) is 4.77. The summed E-state index contributed by atoms with van der Waals surface area (Å²) in [7, 11) is 3.74. The van der Waals surface area contributed by atoms with Crippen molar-refractivity contribution in [3.8, 4) is 0 Å². The van der Waals surface area contributed by atoms with Crippen LogP contribution in [0.4, 0.5) is 5.95 Å². The molecule has 2 rings (SSSR count). The standard InChI is InChI=1S/C18H24N4O/c1-4-5-13-21(2)17(23)16-11-12-19-18(20-16)22(3)14-15-9-7-6-8-10-15/h6-12H,4-5,13-14H2,1-3H3. The van der Waals surface area contributed by atoms with Gasteiger partial charge in [-0.2, -0.15) is 0 Å². The van der Waals surface area contributed by atoms with Gasteiger partial charge in [0.25, 0.3) is 5.91 Å². The highest BCUT2D eigenvalue weighted by Crippen LogP contribution is 2.11. The van der Waals surface area contributed by atoms with Crippen molar-refractivity contribution in [2.45, 2.75) is 26.3 Å². The fourth-order valence-corrected chi connectivity index (χ4v) is 2.27. The first-order chi connectivity index (χ1) is 11.1. The number of nitrogens with zero attached hydrogens (tertiary/aromatic N) is 4. The summed E-state index contributed by atoms with van der Waals surface area (Å²) in [6.45, 7) is 3.55. The van der Waals surface area contributed by atoms with E-state index in [1.54, 1.807) is 17.2 Å². The lowest BCUT2D eigenvalue weighted by Crippen LogP contribution is -2.29. The third-order valence-electron chi connectivity index (χ3n) is 3.66. The van der Waals surface area contributed by atoms with Gasteiger partial charge in [0.1, 0.15) is 5.69 Å². The average Bonchev–Trinajstić information content (AvgIpc) is 2.60. The molecular formula is C18H24N4O. The molecule has 2 aromatic rings. The van der Waals surface area contributed by atoms with Crippen molar-refractivity contribution in [3.63, 3.8) is 0 Å². The van der Waals surface area contributed by atoms with E-state index in [0.29, 0.717) is 18.2 Å². The molecule has 0 saturated heterocycles.